The lowest BCUT2D eigenvalue weighted by Gasteiger charge is -2.05. The van der Waals surface area contributed by atoms with Crippen LogP contribution < -0.4 is 10.2 Å². The maximum Gasteiger partial charge on any atom is 0.277 e. The van der Waals surface area contributed by atoms with Gasteiger partial charge in [0.1, 0.15) is 0 Å². The van der Waals surface area contributed by atoms with Crippen LogP contribution in [0, 0.1) is 5.82 Å². The van der Waals surface area contributed by atoms with E-state index in [1.165, 1.54) is 17.7 Å². The number of aryl methyl sites for hydroxylation is 1. The van der Waals surface area contributed by atoms with Crippen molar-refractivity contribution in [3.05, 3.63) is 66.0 Å². The second-order valence-corrected chi connectivity index (χ2v) is 4.59. The van der Waals surface area contributed by atoms with Gasteiger partial charge in [-0.1, -0.05) is 42.5 Å². The number of ether oxygens (including phenoxy) is 1. The van der Waals surface area contributed by atoms with Gasteiger partial charge in [-0.3, -0.25) is 4.79 Å². The SMILES string of the molecule is O=C(COc1ccccc1F)N/N=C\CCc1ccccc1. The first-order valence-electron chi connectivity index (χ1n) is 6.97. The van der Waals surface area contributed by atoms with Crippen molar-refractivity contribution in [1.29, 1.82) is 0 Å². The summed E-state index contributed by atoms with van der Waals surface area (Å²) in [6, 6.07) is 15.9. The molecule has 0 bridgehead atoms. The number of nitrogens with one attached hydrogen (secondary N) is 1. The fourth-order valence-electron chi connectivity index (χ4n) is 1.80. The van der Waals surface area contributed by atoms with Crippen LogP contribution in [0.15, 0.2) is 59.7 Å². The van der Waals surface area contributed by atoms with Gasteiger partial charge in [-0.05, 0) is 30.5 Å². The third-order valence-corrected chi connectivity index (χ3v) is 2.88. The summed E-state index contributed by atoms with van der Waals surface area (Å²) in [7, 11) is 0. The van der Waals surface area contributed by atoms with Crippen LogP contribution in [0.1, 0.15) is 12.0 Å². The van der Waals surface area contributed by atoms with E-state index in [9.17, 15) is 9.18 Å². The predicted octanol–water partition coefficient (Wildman–Crippen LogP) is 2.94. The first kappa shape index (κ1) is 15.7. The lowest BCUT2D eigenvalue weighted by atomic mass is 10.1. The number of hydrogen-bond donors (Lipinski definition) is 1. The highest BCUT2D eigenvalue weighted by molar-refractivity contribution is 5.78. The number of hydrogen-bond acceptors (Lipinski definition) is 3. The van der Waals surface area contributed by atoms with Gasteiger partial charge in [0.2, 0.25) is 0 Å². The van der Waals surface area contributed by atoms with Crippen molar-refractivity contribution in [2.24, 2.45) is 5.10 Å². The van der Waals surface area contributed by atoms with Gasteiger partial charge in [-0.15, -0.1) is 0 Å². The maximum absolute atomic E-state index is 13.3. The molecule has 0 saturated heterocycles. The summed E-state index contributed by atoms with van der Waals surface area (Å²) in [6.45, 7) is -0.281. The third-order valence-electron chi connectivity index (χ3n) is 2.88. The van der Waals surface area contributed by atoms with E-state index >= 15 is 0 Å². The monoisotopic (exact) mass is 300 g/mol. The van der Waals surface area contributed by atoms with Crippen LogP contribution in [0.5, 0.6) is 5.75 Å². The molecule has 0 aliphatic rings. The first-order valence-corrected chi connectivity index (χ1v) is 6.97. The van der Waals surface area contributed by atoms with Gasteiger partial charge in [0.05, 0.1) is 0 Å². The molecule has 1 N–H and O–H groups in total. The van der Waals surface area contributed by atoms with Crippen molar-refractivity contribution < 1.29 is 13.9 Å². The predicted molar refractivity (Wildman–Crippen MR) is 83.3 cm³/mol. The molecule has 22 heavy (non-hydrogen) atoms. The molecular weight excluding hydrogens is 283 g/mol. The summed E-state index contributed by atoms with van der Waals surface area (Å²) < 4.78 is 18.3. The molecule has 0 heterocycles. The van der Waals surface area contributed by atoms with Crippen LogP contribution in [0.25, 0.3) is 0 Å². The standard InChI is InChI=1S/C17H17FN2O2/c18-15-10-4-5-11-16(15)22-13-17(21)20-19-12-6-9-14-7-2-1-3-8-14/h1-5,7-8,10-12H,6,9,13H2,(H,20,21)/b19-12-. The summed E-state index contributed by atoms with van der Waals surface area (Å²) in [5.41, 5.74) is 3.55. The molecular formula is C17H17FN2O2. The van der Waals surface area contributed by atoms with Crippen molar-refractivity contribution in [2.75, 3.05) is 6.61 Å². The van der Waals surface area contributed by atoms with E-state index in [1.54, 1.807) is 18.3 Å². The summed E-state index contributed by atoms with van der Waals surface area (Å²) in [5.74, 6) is -0.883. The van der Waals surface area contributed by atoms with E-state index in [-0.39, 0.29) is 12.4 Å². The van der Waals surface area contributed by atoms with Crippen LogP contribution >= 0.6 is 0 Å². The fraction of sp³-hybridized carbons (Fsp3) is 0.176. The Morgan fingerprint density at radius 2 is 1.86 bits per heavy atom. The lowest BCUT2D eigenvalue weighted by Crippen LogP contribution is -2.24. The topological polar surface area (TPSA) is 50.7 Å². The van der Waals surface area contributed by atoms with Crippen molar-refractivity contribution in [3.8, 4) is 5.75 Å². The Kier molecular flexibility index (Phi) is 6.11. The van der Waals surface area contributed by atoms with Gasteiger partial charge in [0.15, 0.2) is 18.2 Å². The molecule has 0 fully saturated rings. The average molecular weight is 300 g/mol. The minimum atomic E-state index is -0.498. The molecule has 0 spiro atoms. The molecule has 2 aromatic carbocycles. The average Bonchev–Trinajstić information content (AvgIpc) is 2.55. The Hall–Kier alpha value is -2.69. The van der Waals surface area contributed by atoms with Gasteiger partial charge in [-0.2, -0.15) is 5.10 Å². The zero-order valence-corrected chi connectivity index (χ0v) is 12.0. The number of carbonyl (C=O) groups excluding carboxylic acids is 1. The van der Waals surface area contributed by atoms with Gasteiger partial charge in [0.25, 0.3) is 5.91 Å². The molecule has 0 aliphatic carbocycles. The summed E-state index contributed by atoms with van der Waals surface area (Å²) in [6.07, 6.45) is 3.21. The Labute approximate surface area is 128 Å². The van der Waals surface area contributed by atoms with Crippen LogP contribution in [-0.2, 0) is 11.2 Å². The summed E-state index contributed by atoms with van der Waals surface area (Å²) in [5, 5.41) is 3.82. The zero-order valence-electron chi connectivity index (χ0n) is 12.0. The Morgan fingerprint density at radius 3 is 2.64 bits per heavy atom. The molecule has 2 rings (SSSR count). The molecule has 0 radical (unpaired) electrons. The Balaban J connectivity index is 1.65. The molecule has 0 aliphatic heterocycles. The molecule has 2 aromatic rings. The van der Waals surface area contributed by atoms with E-state index in [2.05, 4.69) is 10.5 Å². The Morgan fingerprint density at radius 1 is 1.14 bits per heavy atom. The molecule has 0 atom stereocenters. The molecule has 114 valence electrons. The minimum Gasteiger partial charge on any atom is -0.481 e. The highest BCUT2D eigenvalue weighted by Gasteiger charge is 2.04. The van der Waals surface area contributed by atoms with E-state index in [0.717, 1.165) is 12.8 Å². The lowest BCUT2D eigenvalue weighted by molar-refractivity contribution is -0.123. The van der Waals surface area contributed by atoms with Gasteiger partial charge in [-0.25, -0.2) is 9.82 Å². The fourth-order valence-corrected chi connectivity index (χ4v) is 1.80. The van der Waals surface area contributed by atoms with E-state index in [0.29, 0.717) is 0 Å². The summed E-state index contributed by atoms with van der Waals surface area (Å²) >= 11 is 0. The van der Waals surface area contributed by atoms with Crippen molar-refractivity contribution in [3.63, 3.8) is 0 Å². The van der Waals surface area contributed by atoms with E-state index in [1.807, 2.05) is 30.3 Å². The van der Waals surface area contributed by atoms with Crippen molar-refractivity contribution >= 4 is 12.1 Å². The highest BCUT2D eigenvalue weighted by Crippen LogP contribution is 2.14. The normalized spacial score (nSPS) is 10.6. The Bertz CT molecular complexity index is 630. The van der Waals surface area contributed by atoms with Gasteiger partial charge >= 0.3 is 0 Å². The maximum atomic E-state index is 13.3. The third kappa shape index (κ3) is 5.36. The number of benzene rings is 2. The quantitative estimate of drug-likeness (QED) is 0.631. The molecule has 0 unspecified atom stereocenters. The van der Waals surface area contributed by atoms with E-state index < -0.39 is 11.7 Å². The number of nitrogens with zero attached hydrogens (tertiary/aromatic N) is 1. The largest absolute Gasteiger partial charge is 0.481 e. The minimum absolute atomic E-state index is 0.0470. The van der Waals surface area contributed by atoms with Gasteiger partial charge < -0.3 is 4.74 Å². The summed E-state index contributed by atoms with van der Waals surface area (Å²) in [4.78, 5) is 11.5. The van der Waals surface area contributed by atoms with E-state index in [4.69, 9.17) is 4.74 Å². The first-order chi connectivity index (χ1) is 10.8. The van der Waals surface area contributed by atoms with Crippen LogP contribution in [-0.4, -0.2) is 18.7 Å². The molecule has 4 nitrogen and oxygen atoms in total. The second kappa shape index (κ2) is 8.56. The van der Waals surface area contributed by atoms with Crippen LogP contribution in [0.2, 0.25) is 0 Å². The van der Waals surface area contributed by atoms with Crippen LogP contribution in [0.4, 0.5) is 4.39 Å². The molecule has 0 aromatic heterocycles. The number of halogens is 1. The smallest absolute Gasteiger partial charge is 0.277 e. The molecule has 0 saturated carbocycles. The number of carbonyl (C=O) groups is 1. The number of para-hydroxylation sites is 1. The highest BCUT2D eigenvalue weighted by atomic mass is 19.1. The number of amides is 1. The zero-order chi connectivity index (χ0) is 15.6. The van der Waals surface area contributed by atoms with Crippen molar-refractivity contribution in [2.45, 2.75) is 12.8 Å². The molecule has 1 amide bonds. The van der Waals surface area contributed by atoms with Crippen LogP contribution in [0.3, 0.4) is 0 Å². The number of hydrazone groups is 1. The molecule has 5 heteroatoms. The van der Waals surface area contributed by atoms with Gasteiger partial charge in [0, 0.05) is 6.21 Å². The number of rotatable bonds is 7. The second-order valence-electron chi connectivity index (χ2n) is 4.59. The van der Waals surface area contributed by atoms with Crippen molar-refractivity contribution in [1.82, 2.24) is 5.43 Å².